The van der Waals surface area contributed by atoms with E-state index < -0.39 is 0 Å². The van der Waals surface area contributed by atoms with Crippen molar-refractivity contribution < 1.29 is 13.6 Å². The fourth-order valence-electron chi connectivity index (χ4n) is 3.00. The molecule has 0 saturated carbocycles. The van der Waals surface area contributed by atoms with Gasteiger partial charge >= 0.3 is 0 Å². The number of hydrogen-bond acceptors (Lipinski definition) is 2. The van der Waals surface area contributed by atoms with Crippen molar-refractivity contribution in [1.82, 2.24) is 0 Å². The van der Waals surface area contributed by atoms with Crippen LogP contribution in [0.15, 0.2) is 66.7 Å². The van der Waals surface area contributed by atoms with Gasteiger partial charge in [0.05, 0.1) is 10.5 Å². The molecule has 0 bridgehead atoms. The monoisotopic (exact) mass is 411 g/mol. The van der Waals surface area contributed by atoms with Crippen molar-refractivity contribution in [2.75, 3.05) is 5.32 Å². The first-order valence-corrected chi connectivity index (χ1v) is 10.3. The summed E-state index contributed by atoms with van der Waals surface area (Å²) in [4.78, 5) is 12.8. The molecule has 1 atom stereocenters. The number of carbonyl (C=O) groups excluding carboxylic acids is 1. The van der Waals surface area contributed by atoms with Gasteiger partial charge in [0.25, 0.3) is 0 Å². The van der Waals surface area contributed by atoms with Crippen LogP contribution in [0, 0.1) is 25.5 Å². The molecule has 0 fully saturated rings. The number of thioether (sulfide) groups is 1. The van der Waals surface area contributed by atoms with Crippen molar-refractivity contribution in [2.45, 2.75) is 31.3 Å². The third-order valence-electron chi connectivity index (χ3n) is 4.71. The average Bonchev–Trinajstić information content (AvgIpc) is 2.70. The normalized spacial score (nSPS) is 12.1. The first-order chi connectivity index (χ1) is 13.8. The average molecular weight is 412 g/mol. The fraction of sp³-hybridized carbons (Fsp3) is 0.208. The van der Waals surface area contributed by atoms with E-state index in [1.54, 1.807) is 24.3 Å². The van der Waals surface area contributed by atoms with Gasteiger partial charge in [-0.25, -0.2) is 8.78 Å². The Hall–Kier alpha value is -2.66. The third-order valence-corrected chi connectivity index (χ3v) is 6.14. The molecule has 0 aliphatic heterocycles. The summed E-state index contributed by atoms with van der Waals surface area (Å²) < 4.78 is 26.8. The molecule has 0 spiro atoms. The lowest BCUT2D eigenvalue weighted by Gasteiger charge is -2.22. The van der Waals surface area contributed by atoms with Crippen LogP contribution >= 0.6 is 11.8 Å². The second kappa shape index (κ2) is 9.23. The highest BCUT2D eigenvalue weighted by atomic mass is 32.2. The van der Waals surface area contributed by atoms with Crippen molar-refractivity contribution in [3.8, 4) is 0 Å². The maximum absolute atomic E-state index is 13.4. The number of rotatable bonds is 6. The molecule has 0 unspecified atom stereocenters. The topological polar surface area (TPSA) is 29.1 Å². The highest BCUT2D eigenvalue weighted by Crippen LogP contribution is 2.38. The summed E-state index contributed by atoms with van der Waals surface area (Å²) in [6, 6.07) is 18.3. The summed E-state index contributed by atoms with van der Waals surface area (Å²) in [7, 11) is 0. The molecule has 3 aromatic rings. The van der Waals surface area contributed by atoms with Gasteiger partial charge < -0.3 is 5.32 Å². The van der Waals surface area contributed by atoms with Crippen LogP contribution in [0.5, 0.6) is 0 Å². The summed E-state index contributed by atoms with van der Waals surface area (Å²) in [5.41, 5.74) is 4.57. The summed E-state index contributed by atoms with van der Waals surface area (Å²) in [5, 5.41) is 2.39. The first kappa shape index (κ1) is 21.1. The molecule has 0 saturated heterocycles. The zero-order valence-corrected chi connectivity index (χ0v) is 17.4. The number of benzene rings is 3. The van der Waals surface area contributed by atoms with E-state index >= 15 is 0 Å². The minimum Gasteiger partial charge on any atom is -0.325 e. The van der Waals surface area contributed by atoms with Gasteiger partial charge in [0.15, 0.2) is 0 Å². The zero-order valence-electron chi connectivity index (χ0n) is 16.6. The Labute approximate surface area is 174 Å². The van der Waals surface area contributed by atoms with Crippen LogP contribution < -0.4 is 5.32 Å². The van der Waals surface area contributed by atoms with Gasteiger partial charge in [-0.2, -0.15) is 0 Å². The Kier molecular flexibility index (Phi) is 6.70. The van der Waals surface area contributed by atoms with Crippen molar-refractivity contribution in [3.05, 3.63) is 101 Å². The first-order valence-electron chi connectivity index (χ1n) is 9.38. The summed E-state index contributed by atoms with van der Waals surface area (Å²) in [5.74, 6) is -0.757. The number of hydrogen-bond donors (Lipinski definition) is 1. The minimum atomic E-state index is -0.380. The Morgan fingerprint density at radius 3 is 1.90 bits per heavy atom. The molecule has 0 heterocycles. The molecule has 29 heavy (non-hydrogen) atoms. The minimum absolute atomic E-state index is 0.113. The maximum Gasteiger partial charge on any atom is 0.237 e. The summed E-state index contributed by atoms with van der Waals surface area (Å²) in [6.07, 6.45) is 0. The molecule has 3 rings (SSSR count). The SMILES string of the molecule is Cc1ccc(C)c(NC(=O)[C@@H](C)SC(c2ccc(F)cc2)c2ccc(F)cc2)c1. The van der Waals surface area contributed by atoms with Crippen LogP contribution in [0.1, 0.15) is 34.4 Å². The molecular formula is C24H23F2NOS. The van der Waals surface area contributed by atoms with Crippen LogP contribution in [0.3, 0.4) is 0 Å². The highest BCUT2D eigenvalue weighted by molar-refractivity contribution is 8.01. The van der Waals surface area contributed by atoms with Crippen molar-refractivity contribution in [3.63, 3.8) is 0 Å². The van der Waals surface area contributed by atoms with Gasteiger partial charge in [-0.3, -0.25) is 4.79 Å². The van der Waals surface area contributed by atoms with E-state index in [-0.39, 0.29) is 28.0 Å². The molecule has 2 nitrogen and oxygen atoms in total. The molecule has 5 heteroatoms. The Morgan fingerprint density at radius 2 is 1.38 bits per heavy atom. The molecule has 150 valence electrons. The Bertz CT molecular complexity index is 941. The van der Waals surface area contributed by atoms with Crippen LogP contribution in [-0.2, 0) is 4.79 Å². The van der Waals surface area contributed by atoms with Crippen LogP contribution in [0.4, 0.5) is 14.5 Å². The number of anilines is 1. The summed E-state index contributed by atoms with van der Waals surface area (Å²) in [6.45, 7) is 5.77. The lowest BCUT2D eigenvalue weighted by Crippen LogP contribution is -2.24. The predicted molar refractivity (Wildman–Crippen MR) is 116 cm³/mol. The Balaban J connectivity index is 1.82. The molecular weight excluding hydrogens is 388 g/mol. The fourth-order valence-corrected chi connectivity index (χ4v) is 4.21. The maximum atomic E-state index is 13.4. The van der Waals surface area contributed by atoms with Gasteiger partial charge in [-0.15, -0.1) is 11.8 Å². The molecule has 3 aromatic carbocycles. The second-order valence-corrected chi connectivity index (χ2v) is 8.52. The smallest absolute Gasteiger partial charge is 0.237 e. The van der Waals surface area contributed by atoms with E-state index in [9.17, 15) is 13.6 Å². The molecule has 1 N–H and O–H groups in total. The quantitative estimate of drug-likeness (QED) is 0.506. The third kappa shape index (κ3) is 5.45. The van der Waals surface area contributed by atoms with E-state index in [1.165, 1.54) is 36.0 Å². The van der Waals surface area contributed by atoms with Gasteiger partial charge in [0, 0.05) is 5.69 Å². The largest absolute Gasteiger partial charge is 0.325 e. The standard InChI is InChI=1S/C24H23F2NOS/c1-15-4-5-16(2)22(14-15)27-24(28)17(3)29-23(18-6-10-20(25)11-7-18)19-8-12-21(26)13-9-19/h4-14,17,23H,1-3H3,(H,27,28)/t17-/m1/s1. The van der Waals surface area contributed by atoms with Gasteiger partial charge in [-0.05, 0) is 73.4 Å². The lowest BCUT2D eigenvalue weighted by atomic mass is 10.0. The predicted octanol–water partition coefficient (Wildman–Crippen LogP) is 6.43. The highest BCUT2D eigenvalue weighted by Gasteiger charge is 2.23. The van der Waals surface area contributed by atoms with E-state index in [0.29, 0.717) is 0 Å². The van der Waals surface area contributed by atoms with E-state index in [2.05, 4.69) is 5.32 Å². The van der Waals surface area contributed by atoms with Crippen molar-refractivity contribution >= 4 is 23.4 Å². The number of aryl methyl sites for hydroxylation is 2. The number of nitrogens with one attached hydrogen (secondary N) is 1. The van der Waals surface area contributed by atoms with Gasteiger partial charge in [0.2, 0.25) is 5.91 Å². The number of amides is 1. The van der Waals surface area contributed by atoms with Gasteiger partial charge in [-0.1, -0.05) is 36.4 Å². The lowest BCUT2D eigenvalue weighted by molar-refractivity contribution is -0.115. The van der Waals surface area contributed by atoms with Crippen molar-refractivity contribution in [1.29, 1.82) is 0 Å². The van der Waals surface area contributed by atoms with Crippen molar-refractivity contribution in [2.24, 2.45) is 0 Å². The molecule has 0 aliphatic carbocycles. The Morgan fingerprint density at radius 1 is 0.862 bits per heavy atom. The molecule has 0 aromatic heterocycles. The molecule has 0 radical (unpaired) electrons. The summed E-state index contributed by atoms with van der Waals surface area (Å²) >= 11 is 1.44. The van der Waals surface area contributed by atoms with Crippen LogP contribution in [-0.4, -0.2) is 11.2 Å². The zero-order chi connectivity index (χ0) is 21.0. The van der Waals surface area contributed by atoms with Gasteiger partial charge in [0.1, 0.15) is 11.6 Å². The van der Waals surface area contributed by atoms with E-state index in [1.807, 2.05) is 39.0 Å². The van der Waals surface area contributed by atoms with E-state index in [4.69, 9.17) is 0 Å². The molecule has 0 aliphatic rings. The second-order valence-electron chi connectivity index (χ2n) is 7.07. The number of carbonyl (C=O) groups is 1. The number of halogens is 2. The van der Waals surface area contributed by atoms with Crippen LogP contribution in [0.2, 0.25) is 0 Å². The molecule has 1 amide bonds. The van der Waals surface area contributed by atoms with E-state index in [0.717, 1.165) is 27.9 Å². The van der Waals surface area contributed by atoms with Crippen LogP contribution in [0.25, 0.3) is 0 Å².